The lowest BCUT2D eigenvalue weighted by atomic mass is 9.91. The molecule has 1 aliphatic rings. The van der Waals surface area contributed by atoms with E-state index in [0.29, 0.717) is 6.04 Å². The third-order valence-electron chi connectivity index (χ3n) is 4.58. The predicted molar refractivity (Wildman–Crippen MR) is 91.1 cm³/mol. The lowest BCUT2D eigenvalue weighted by molar-refractivity contribution is 0.240. The molecule has 1 aromatic carbocycles. The Kier molecular flexibility index (Phi) is 4.86. The smallest absolute Gasteiger partial charge is 0.0608 e. The first-order valence-electron chi connectivity index (χ1n) is 8.18. The quantitative estimate of drug-likeness (QED) is 0.943. The molecule has 3 heteroatoms. The average molecular weight is 295 g/mol. The van der Waals surface area contributed by atoms with Gasteiger partial charge >= 0.3 is 0 Å². The van der Waals surface area contributed by atoms with Crippen LogP contribution < -0.4 is 5.32 Å². The van der Waals surface area contributed by atoms with Gasteiger partial charge in [-0.2, -0.15) is 0 Å². The van der Waals surface area contributed by atoms with Crippen molar-refractivity contribution in [2.45, 2.75) is 26.3 Å². The zero-order chi connectivity index (χ0) is 15.4. The Hall–Kier alpha value is -1.71. The van der Waals surface area contributed by atoms with E-state index >= 15 is 0 Å². The highest BCUT2D eigenvalue weighted by molar-refractivity contribution is 5.39. The molecule has 3 nitrogen and oxygen atoms in total. The van der Waals surface area contributed by atoms with Gasteiger partial charge in [0.25, 0.3) is 0 Å². The van der Waals surface area contributed by atoms with Crippen molar-refractivity contribution in [3.63, 3.8) is 0 Å². The second-order valence-electron chi connectivity index (χ2n) is 6.13. The molecule has 1 N–H and O–H groups in total. The molecule has 1 unspecified atom stereocenters. The number of hydrogen-bond donors (Lipinski definition) is 1. The maximum atomic E-state index is 4.28. The summed E-state index contributed by atoms with van der Waals surface area (Å²) in [6, 6.07) is 11.3. The van der Waals surface area contributed by atoms with E-state index in [0.717, 1.165) is 26.2 Å². The fourth-order valence-corrected chi connectivity index (χ4v) is 3.37. The average Bonchev–Trinajstić information content (AvgIpc) is 2.80. The Bertz CT molecular complexity index is 570. The fraction of sp³-hybridized carbons (Fsp3) is 0.421. The van der Waals surface area contributed by atoms with Crippen molar-refractivity contribution in [2.75, 3.05) is 26.2 Å². The van der Waals surface area contributed by atoms with Gasteiger partial charge in [-0.05, 0) is 55.1 Å². The molecule has 1 aliphatic heterocycles. The summed E-state index contributed by atoms with van der Waals surface area (Å²) in [5.74, 6) is 0. The topological polar surface area (TPSA) is 28.2 Å². The molecule has 0 bridgehead atoms. The number of benzene rings is 1. The zero-order valence-corrected chi connectivity index (χ0v) is 13.5. The van der Waals surface area contributed by atoms with Gasteiger partial charge in [0.05, 0.1) is 6.04 Å². The lowest BCUT2D eigenvalue weighted by Crippen LogP contribution is -2.33. The summed E-state index contributed by atoms with van der Waals surface area (Å²) < 4.78 is 0. The number of rotatable bonds is 3. The van der Waals surface area contributed by atoms with E-state index in [1.807, 2.05) is 12.4 Å². The minimum atomic E-state index is 0.323. The van der Waals surface area contributed by atoms with E-state index in [1.165, 1.54) is 28.7 Å². The Morgan fingerprint density at radius 2 is 1.82 bits per heavy atom. The Morgan fingerprint density at radius 1 is 1.00 bits per heavy atom. The molecule has 1 aromatic heterocycles. The van der Waals surface area contributed by atoms with Crippen LogP contribution >= 0.6 is 0 Å². The molecular weight excluding hydrogens is 270 g/mol. The first-order chi connectivity index (χ1) is 10.8. The van der Waals surface area contributed by atoms with Gasteiger partial charge in [0.2, 0.25) is 0 Å². The molecule has 0 radical (unpaired) electrons. The molecule has 1 atom stereocenters. The van der Waals surface area contributed by atoms with Crippen molar-refractivity contribution >= 4 is 0 Å². The van der Waals surface area contributed by atoms with E-state index < -0.39 is 0 Å². The van der Waals surface area contributed by atoms with Crippen LogP contribution in [-0.2, 0) is 0 Å². The second kappa shape index (κ2) is 7.03. The van der Waals surface area contributed by atoms with Gasteiger partial charge in [0.1, 0.15) is 0 Å². The summed E-state index contributed by atoms with van der Waals surface area (Å²) in [7, 11) is 0. The largest absolute Gasteiger partial charge is 0.315 e. The highest BCUT2D eigenvalue weighted by atomic mass is 15.2. The minimum Gasteiger partial charge on any atom is -0.315 e. The monoisotopic (exact) mass is 295 g/mol. The van der Waals surface area contributed by atoms with Crippen molar-refractivity contribution in [1.29, 1.82) is 0 Å². The molecule has 0 saturated carbocycles. The number of nitrogens with zero attached hydrogens (tertiary/aromatic N) is 2. The first-order valence-corrected chi connectivity index (χ1v) is 8.18. The zero-order valence-electron chi connectivity index (χ0n) is 13.5. The van der Waals surface area contributed by atoms with Crippen LogP contribution in [0, 0.1) is 13.8 Å². The van der Waals surface area contributed by atoms with Crippen LogP contribution in [0.2, 0.25) is 0 Å². The van der Waals surface area contributed by atoms with Crippen LogP contribution in [0.1, 0.15) is 34.7 Å². The van der Waals surface area contributed by atoms with Crippen LogP contribution in [0.3, 0.4) is 0 Å². The summed E-state index contributed by atoms with van der Waals surface area (Å²) >= 11 is 0. The van der Waals surface area contributed by atoms with Gasteiger partial charge < -0.3 is 5.32 Å². The third-order valence-corrected chi connectivity index (χ3v) is 4.58. The Labute approximate surface area is 133 Å². The summed E-state index contributed by atoms with van der Waals surface area (Å²) in [6.45, 7) is 8.78. The van der Waals surface area contributed by atoms with Crippen LogP contribution in [0.15, 0.2) is 42.7 Å². The van der Waals surface area contributed by atoms with E-state index in [1.54, 1.807) is 0 Å². The van der Waals surface area contributed by atoms with Crippen LogP contribution in [0.4, 0.5) is 0 Å². The van der Waals surface area contributed by atoms with Crippen molar-refractivity contribution < 1.29 is 0 Å². The van der Waals surface area contributed by atoms with Crippen LogP contribution in [0.25, 0.3) is 0 Å². The van der Waals surface area contributed by atoms with E-state index in [2.05, 4.69) is 59.4 Å². The maximum absolute atomic E-state index is 4.28. The Balaban J connectivity index is 2.06. The van der Waals surface area contributed by atoms with E-state index in [9.17, 15) is 0 Å². The highest BCUT2D eigenvalue weighted by Crippen LogP contribution is 2.32. The normalized spacial score (nSPS) is 17.9. The molecule has 116 valence electrons. The van der Waals surface area contributed by atoms with Crippen LogP contribution in [0.5, 0.6) is 0 Å². The van der Waals surface area contributed by atoms with Gasteiger partial charge in [-0.25, -0.2) is 0 Å². The number of aromatic nitrogens is 1. The molecule has 3 rings (SSSR count). The molecule has 1 fully saturated rings. The second-order valence-corrected chi connectivity index (χ2v) is 6.13. The molecule has 0 amide bonds. The SMILES string of the molecule is Cc1ccccc1C(c1ccncc1C)N1CCCNCC1. The van der Waals surface area contributed by atoms with Crippen molar-refractivity contribution in [3.05, 3.63) is 65.0 Å². The fourth-order valence-electron chi connectivity index (χ4n) is 3.37. The highest BCUT2D eigenvalue weighted by Gasteiger charge is 2.25. The molecule has 2 aromatic rings. The van der Waals surface area contributed by atoms with Gasteiger partial charge in [-0.3, -0.25) is 9.88 Å². The summed E-state index contributed by atoms with van der Waals surface area (Å²) in [4.78, 5) is 6.89. The molecule has 1 saturated heterocycles. The summed E-state index contributed by atoms with van der Waals surface area (Å²) in [6.07, 6.45) is 5.10. The summed E-state index contributed by atoms with van der Waals surface area (Å²) in [5, 5.41) is 3.51. The van der Waals surface area contributed by atoms with Gasteiger partial charge in [0, 0.05) is 32.0 Å². The van der Waals surface area contributed by atoms with Gasteiger partial charge in [0.15, 0.2) is 0 Å². The Morgan fingerprint density at radius 3 is 2.64 bits per heavy atom. The van der Waals surface area contributed by atoms with E-state index in [4.69, 9.17) is 0 Å². The predicted octanol–water partition coefficient (Wildman–Crippen LogP) is 3.08. The number of aryl methyl sites for hydroxylation is 2. The number of pyridine rings is 1. The standard InChI is InChI=1S/C19H25N3/c1-15-6-3-4-7-17(15)19(18-8-10-21-14-16(18)2)22-12-5-9-20-11-13-22/h3-4,6-8,10,14,19-20H,5,9,11-13H2,1-2H3. The summed E-state index contributed by atoms with van der Waals surface area (Å²) in [5.41, 5.74) is 5.43. The van der Waals surface area contributed by atoms with E-state index in [-0.39, 0.29) is 0 Å². The molecule has 22 heavy (non-hydrogen) atoms. The van der Waals surface area contributed by atoms with Crippen LogP contribution in [-0.4, -0.2) is 36.1 Å². The number of nitrogens with one attached hydrogen (secondary N) is 1. The first kappa shape index (κ1) is 15.2. The number of hydrogen-bond acceptors (Lipinski definition) is 3. The maximum Gasteiger partial charge on any atom is 0.0608 e. The van der Waals surface area contributed by atoms with Crippen molar-refractivity contribution in [3.8, 4) is 0 Å². The molecular formula is C19H25N3. The van der Waals surface area contributed by atoms with Gasteiger partial charge in [-0.15, -0.1) is 0 Å². The lowest BCUT2D eigenvalue weighted by Gasteiger charge is -2.33. The molecule has 0 aliphatic carbocycles. The van der Waals surface area contributed by atoms with Crippen molar-refractivity contribution in [2.24, 2.45) is 0 Å². The third kappa shape index (κ3) is 3.21. The van der Waals surface area contributed by atoms with Crippen molar-refractivity contribution in [1.82, 2.24) is 15.2 Å². The molecule has 2 heterocycles. The molecule has 0 spiro atoms. The minimum absolute atomic E-state index is 0.323. The van der Waals surface area contributed by atoms with Gasteiger partial charge in [-0.1, -0.05) is 24.3 Å².